The van der Waals surface area contributed by atoms with E-state index in [0.717, 1.165) is 33.4 Å². The molecule has 1 saturated carbocycles. The molecule has 1 aliphatic rings. The van der Waals surface area contributed by atoms with Crippen molar-refractivity contribution >= 4 is 38.6 Å². The minimum Gasteiger partial charge on any atom is -0.306 e. The van der Waals surface area contributed by atoms with E-state index in [-0.39, 0.29) is 11.1 Å². The highest BCUT2D eigenvalue weighted by molar-refractivity contribution is 9.10. The summed E-state index contributed by atoms with van der Waals surface area (Å²) in [5.74, 6) is 0.842. The highest BCUT2D eigenvalue weighted by atomic mass is 79.9. The Hall–Kier alpha value is -0.740. The maximum absolute atomic E-state index is 11.4. The SMILES string of the molecule is O=c1[nH]c2cc(Br)c(C(Cl)CCC3CCCCC3)cc2[nH]1. The molecule has 114 valence electrons. The smallest absolute Gasteiger partial charge is 0.306 e. The molecular weight excluding hydrogens is 352 g/mol. The number of fused-ring (bicyclic) bond motifs is 1. The van der Waals surface area contributed by atoms with Crippen molar-refractivity contribution < 1.29 is 0 Å². The van der Waals surface area contributed by atoms with Crippen molar-refractivity contribution in [2.45, 2.75) is 50.3 Å². The topological polar surface area (TPSA) is 48.6 Å². The van der Waals surface area contributed by atoms with E-state index in [0.29, 0.717) is 0 Å². The number of benzene rings is 1. The standard InChI is InChI=1S/C16H20BrClN2O/c17-12-9-15-14(19-16(21)20-15)8-11(12)13(18)7-6-10-4-2-1-3-5-10/h8-10,13H,1-7H2,(H2,19,20,21). The molecule has 5 heteroatoms. The number of rotatable bonds is 4. The van der Waals surface area contributed by atoms with E-state index in [1.807, 2.05) is 12.1 Å². The number of H-pyrrole nitrogens is 2. The fourth-order valence-corrected chi connectivity index (χ4v) is 4.38. The molecule has 0 bridgehead atoms. The lowest BCUT2D eigenvalue weighted by Crippen LogP contribution is -2.07. The molecule has 1 aliphatic carbocycles. The zero-order chi connectivity index (χ0) is 14.8. The van der Waals surface area contributed by atoms with Crippen molar-refractivity contribution in [1.82, 2.24) is 9.97 Å². The average molecular weight is 372 g/mol. The molecule has 0 radical (unpaired) electrons. The first-order chi connectivity index (χ1) is 10.1. The van der Waals surface area contributed by atoms with Gasteiger partial charge in [0, 0.05) is 4.47 Å². The van der Waals surface area contributed by atoms with Crippen LogP contribution >= 0.6 is 27.5 Å². The molecule has 2 N–H and O–H groups in total. The molecule has 21 heavy (non-hydrogen) atoms. The summed E-state index contributed by atoms with van der Waals surface area (Å²) in [7, 11) is 0. The highest BCUT2D eigenvalue weighted by Gasteiger charge is 2.18. The summed E-state index contributed by atoms with van der Waals surface area (Å²) in [6.45, 7) is 0. The number of alkyl halides is 1. The molecule has 2 aromatic rings. The summed E-state index contributed by atoms with van der Waals surface area (Å²) < 4.78 is 0.967. The third kappa shape index (κ3) is 3.54. The first kappa shape index (κ1) is 15.2. The molecule has 0 spiro atoms. The Labute approximate surface area is 137 Å². The molecule has 1 fully saturated rings. The van der Waals surface area contributed by atoms with Crippen LogP contribution in [0.1, 0.15) is 55.9 Å². The lowest BCUT2D eigenvalue weighted by Gasteiger charge is -2.22. The Morgan fingerprint density at radius 3 is 2.57 bits per heavy atom. The van der Waals surface area contributed by atoms with Gasteiger partial charge in [-0.3, -0.25) is 0 Å². The summed E-state index contributed by atoms with van der Waals surface area (Å²) in [4.78, 5) is 16.9. The third-order valence-corrected chi connectivity index (χ3v) is 5.66. The van der Waals surface area contributed by atoms with Gasteiger partial charge in [-0.2, -0.15) is 0 Å². The average Bonchev–Trinajstić information content (AvgIpc) is 2.84. The van der Waals surface area contributed by atoms with E-state index in [1.165, 1.54) is 38.5 Å². The third-order valence-electron chi connectivity index (χ3n) is 4.52. The van der Waals surface area contributed by atoms with E-state index in [4.69, 9.17) is 11.6 Å². The van der Waals surface area contributed by atoms with Gasteiger partial charge < -0.3 is 9.97 Å². The van der Waals surface area contributed by atoms with Crippen molar-refractivity contribution in [2.24, 2.45) is 5.92 Å². The van der Waals surface area contributed by atoms with Crippen LogP contribution in [0.4, 0.5) is 0 Å². The van der Waals surface area contributed by atoms with Gasteiger partial charge in [0.15, 0.2) is 0 Å². The Kier molecular flexibility index (Phi) is 4.75. The van der Waals surface area contributed by atoms with E-state index >= 15 is 0 Å². The number of aromatic nitrogens is 2. The number of halogens is 2. The van der Waals surface area contributed by atoms with Crippen LogP contribution in [0.25, 0.3) is 11.0 Å². The van der Waals surface area contributed by atoms with E-state index < -0.39 is 0 Å². The maximum Gasteiger partial charge on any atom is 0.323 e. The van der Waals surface area contributed by atoms with E-state index in [9.17, 15) is 4.79 Å². The molecule has 1 unspecified atom stereocenters. The second kappa shape index (κ2) is 6.57. The fraction of sp³-hybridized carbons (Fsp3) is 0.562. The fourth-order valence-electron chi connectivity index (χ4n) is 3.33. The first-order valence-corrected chi connectivity index (χ1v) is 8.92. The van der Waals surface area contributed by atoms with Crippen molar-refractivity contribution in [2.75, 3.05) is 0 Å². The number of imidazole rings is 1. The first-order valence-electron chi connectivity index (χ1n) is 7.69. The predicted molar refractivity (Wildman–Crippen MR) is 91.0 cm³/mol. The molecule has 0 saturated heterocycles. The molecule has 0 aliphatic heterocycles. The molecule has 0 amide bonds. The van der Waals surface area contributed by atoms with Gasteiger partial charge in [-0.05, 0) is 36.5 Å². The maximum atomic E-state index is 11.4. The number of nitrogens with one attached hydrogen (secondary N) is 2. The molecule has 1 atom stereocenters. The number of aromatic amines is 2. The molecular formula is C16H20BrClN2O. The van der Waals surface area contributed by atoms with E-state index in [1.54, 1.807) is 0 Å². The normalized spacial score (nSPS) is 18.2. The van der Waals surface area contributed by atoms with Crippen LogP contribution < -0.4 is 5.69 Å². The van der Waals surface area contributed by atoms with Crippen molar-refractivity contribution in [3.63, 3.8) is 0 Å². The van der Waals surface area contributed by atoms with Gasteiger partial charge in [0.1, 0.15) is 0 Å². The van der Waals surface area contributed by atoms with Crippen molar-refractivity contribution in [3.05, 3.63) is 32.7 Å². The van der Waals surface area contributed by atoms with Crippen LogP contribution in [-0.4, -0.2) is 9.97 Å². The van der Waals surface area contributed by atoms with Gasteiger partial charge in [0.25, 0.3) is 0 Å². The van der Waals surface area contributed by atoms with Crippen LogP contribution in [0, 0.1) is 5.92 Å². The summed E-state index contributed by atoms with van der Waals surface area (Å²) in [6.07, 6.45) is 9.04. The second-order valence-corrected chi connectivity index (χ2v) is 7.43. The number of hydrogen-bond donors (Lipinski definition) is 2. The van der Waals surface area contributed by atoms with Crippen LogP contribution in [0.5, 0.6) is 0 Å². The minimum atomic E-state index is -0.178. The summed E-state index contributed by atoms with van der Waals surface area (Å²) in [6, 6.07) is 3.91. The summed E-state index contributed by atoms with van der Waals surface area (Å²) in [5.41, 5.74) is 2.52. The summed E-state index contributed by atoms with van der Waals surface area (Å²) >= 11 is 10.2. The van der Waals surface area contributed by atoms with Gasteiger partial charge in [-0.15, -0.1) is 11.6 Å². The van der Waals surface area contributed by atoms with Crippen LogP contribution in [-0.2, 0) is 0 Å². The lowest BCUT2D eigenvalue weighted by atomic mass is 9.85. The Morgan fingerprint density at radius 2 is 1.86 bits per heavy atom. The zero-order valence-electron chi connectivity index (χ0n) is 11.9. The largest absolute Gasteiger partial charge is 0.323 e. The molecule has 1 aromatic carbocycles. The molecule has 1 aromatic heterocycles. The van der Waals surface area contributed by atoms with Gasteiger partial charge in [-0.1, -0.05) is 48.0 Å². The van der Waals surface area contributed by atoms with Crippen LogP contribution in [0.15, 0.2) is 21.4 Å². The second-order valence-electron chi connectivity index (χ2n) is 6.05. The van der Waals surface area contributed by atoms with Crippen molar-refractivity contribution in [1.29, 1.82) is 0 Å². The monoisotopic (exact) mass is 370 g/mol. The van der Waals surface area contributed by atoms with Gasteiger partial charge in [0.05, 0.1) is 16.4 Å². The van der Waals surface area contributed by atoms with Gasteiger partial charge in [-0.25, -0.2) is 4.79 Å². The van der Waals surface area contributed by atoms with Gasteiger partial charge in [0.2, 0.25) is 0 Å². The van der Waals surface area contributed by atoms with Gasteiger partial charge >= 0.3 is 5.69 Å². The van der Waals surface area contributed by atoms with Crippen LogP contribution in [0.3, 0.4) is 0 Å². The predicted octanol–water partition coefficient (Wildman–Crippen LogP) is 5.26. The zero-order valence-corrected chi connectivity index (χ0v) is 14.3. The van der Waals surface area contributed by atoms with E-state index in [2.05, 4.69) is 25.9 Å². The molecule has 3 nitrogen and oxygen atoms in total. The molecule has 3 rings (SSSR count). The molecule has 1 heterocycles. The highest BCUT2D eigenvalue weighted by Crippen LogP contribution is 2.36. The quantitative estimate of drug-likeness (QED) is 0.708. The Balaban J connectivity index is 1.72. The number of hydrogen-bond acceptors (Lipinski definition) is 1. The Morgan fingerprint density at radius 1 is 1.19 bits per heavy atom. The van der Waals surface area contributed by atoms with Crippen LogP contribution in [0.2, 0.25) is 0 Å². The minimum absolute atomic E-state index is 0.0101. The van der Waals surface area contributed by atoms with Crippen molar-refractivity contribution in [3.8, 4) is 0 Å². The summed E-state index contributed by atoms with van der Waals surface area (Å²) in [5, 5.41) is -0.0101. The lowest BCUT2D eigenvalue weighted by molar-refractivity contribution is 0.331. The Bertz CT molecular complexity index is 672.